The third kappa shape index (κ3) is 8.01. The molecule has 196 valence electrons. The minimum absolute atomic E-state index is 0.103. The molecule has 1 amide bonds. The van der Waals surface area contributed by atoms with Gasteiger partial charge < -0.3 is 14.8 Å². The summed E-state index contributed by atoms with van der Waals surface area (Å²) in [5.74, 6) is -0.277. The Morgan fingerprint density at radius 3 is 2.56 bits per heavy atom. The number of morpholine rings is 1. The molecule has 0 saturated carbocycles. The molecule has 9 nitrogen and oxygen atoms in total. The lowest BCUT2D eigenvalue weighted by Gasteiger charge is -2.32. The van der Waals surface area contributed by atoms with Gasteiger partial charge >= 0.3 is 0 Å². The van der Waals surface area contributed by atoms with Crippen LogP contribution < -0.4 is 10.8 Å². The number of hydrogen-bond acceptors (Lipinski definition) is 9. The SMILES string of the molecule is O=C(CNCCN1CCOC(S(=O)(=O)c2ccc(Sc3ccccc3)cc2)C1)NOC1CCCCO1. The highest BCUT2D eigenvalue weighted by atomic mass is 32.2. The van der Waals surface area contributed by atoms with Crippen molar-refractivity contribution in [3.05, 3.63) is 54.6 Å². The summed E-state index contributed by atoms with van der Waals surface area (Å²) in [5.41, 5.74) is 1.49. The molecule has 36 heavy (non-hydrogen) atoms. The van der Waals surface area contributed by atoms with Crippen LogP contribution in [0.1, 0.15) is 19.3 Å². The molecule has 11 heteroatoms. The van der Waals surface area contributed by atoms with Crippen LogP contribution in [0.4, 0.5) is 0 Å². The number of carbonyl (C=O) groups is 1. The van der Waals surface area contributed by atoms with Crippen LogP contribution in [0.25, 0.3) is 0 Å². The van der Waals surface area contributed by atoms with Crippen LogP contribution >= 0.6 is 11.8 Å². The topological polar surface area (TPSA) is 106 Å². The van der Waals surface area contributed by atoms with Gasteiger partial charge in [-0.1, -0.05) is 30.0 Å². The third-order valence-electron chi connectivity index (χ3n) is 5.93. The Hall–Kier alpha value is -1.99. The smallest absolute Gasteiger partial charge is 0.257 e. The number of sulfone groups is 1. The molecule has 2 aliphatic heterocycles. The Kier molecular flexibility index (Phi) is 10.2. The van der Waals surface area contributed by atoms with Crippen molar-refractivity contribution in [3.63, 3.8) is 0 Å². The first kappa shape index (κ1) is 27.1. The van der Waals surface area contributed by atoms with Gasteiger partial charge in [-0.3, -0.25) is 9.69 Å². The van der Waals surface area contributed by atoms with E-state index in [1.165, 1.54) is 0 Å². The summed E-state index contributed by atoms with van der Waals surface area (Å²) in [6.07, 6.45) is 2.42. The van der Waals surface area contributed by atoms with E-state index in [0.717, 1.165) is 29.1 Å². The van der Waals surface area contributed by atoms with Gasteiger partial charge in [-0.25, -0.2) is 18.7 Å². The fourth-order valence-electron chi connectivity index (χ4n) is 3.94. The molecule has 0 radical (unpaired) electrons. The number of benzene rings is 2. The van der Waals surface area contributed by atoms with E-state index >= 15 is 0 Å². The average molecular weight is 536 g/mol. The van der Waals surface area contributed by atoms with Crippen LogP contribution in [0.3, 0.4) is 0 Å². The van der Waals surface area contributed by atoms with Gasteiger partial charge in [-0.2, -0.15) is 0 Å². The molecular weight excluding hydrogens is 502 g/mol. The first-order valence-electron chi connectivity index (χ1n) is 12.2. The largest absolute Gasteiger partial charge is 0.359 e. The van der Waals surface area contributed by atoms with Gasteiger partial charge in [0, 0.05) is 49.0 Å². The number of carbonyl (C=O) groups excluding carboxylic acids is 1. The van der Waals surface area contributed by atoms with Crippen LogP contribution in [0.2, 0.25) is 0 Å². The van der Waals surface area contributed by atoms with Gasteiger partial charge in [-0.05, 0) is 49.2 Å². The van der Waals surface area contributed by atoms with Gasteiger partial charge in [0.05, 0.1) is 18.0 Å². The number of ether oxygens (including phenoxy) is 2. The van der Waals surface area contributed by atoms with Crippen molar-refractivity contribution in [3.8, 4) is 0 Å². The molecule has 0 aromatic heterocycles. The fourth-order valence-corrected chi connectivity index (χ4v) is 6.28. The van der Waals surface area contributed by atoms with Crippen molar-refractivity contribution in [1.29, 1.82) is 0 Å². The first-order chi connectivity index (χ1) is 17.5. The average Bonchev–Trinajstić information content (AvgIpc) is 2.92. The number of hydroxylamine groups is 1. The summed E-state index contributed by atoms with van der Waals surface area (Å²) in [4.78, 5) is 21.5. The van der Waals surface area contributed by atoms with Crippen molar-refractivity contribution >= 4 is 27.5 Å². The summed E-state index contributed by atoms with van der Waals surface area (Å²) in [6.45, 7) is 3.13. The fraction of sp³-hybridized carbons (Fsp3) is 0.480. The van der Waals surface area contributed by atoms with E-state index in [2.05, 4.69) is 10.8 Å². The molecule has 4 rings (SSSR count). The maximum absolute atomic E-state index is 13.2. The molecule has 2 heterocycles. The van der Waals surface area contributed by atoms with Crippen LogP contribution in [0.15, 0.2) is 69.3 Å². The molecule has 0 aliphatic carbocycles. The molecular formula is C25H33N3O6S2. The third-order valence-corrected chi connectivity index (χ3v) is 8.85. The van der Waals surface area contributed by atoms with E-state index < -0.39 is 15.3 Å². The molecule has 2 aliphatic rings. The van der Waals surface area contributed by atoms with E-state index in [0.29, 0.717) is 32.8 Å². The van der Waals surface area contributed by atoms with Crippen molar-refractivity contribution in [2.24, 2.45) is 0 Å². The highest BCUT2D eigenvalue weighted by Crippen LogP contribution is 2.29. The van der Waals surface area contributed by atoms with E-state index in [4.69, 9.17) is 14.3 Å². The lowest BCUT2D eigenvalue weighted by molar-refractivity contribution is -0.200. The molecule has 2 N–H and O–H groups in total. The number of nitrogens with zero attached hydrogens (tertiary/aromatic N) is 1. The van der Waals surface area contributed by atoms with Crippen molar-refractivity contribution < 1.29 is 27.5 Å². The molecule has 2 saturated heterocycles. The second-order valence-corrected chi connectivity index (χ2v) is 11.9. The predicted octanol–water partition coefficient (Wildman–Crippen LogP) is 2.43. The summed E-state index contributed by atoms with van der Waals surface area (Å²) in [6, 6.07) is 16.9. The summed E-state index contributed by atoms with van der Waals surface area (Å²) in [7, 11) is -3.63. The van der Waals surface area contributed by atoms with Gasteiger partial charge in [0.2, 0.25) is 9.84 Å². The van der Waals surface area contributed by atoms with Crippen molar-refractivity contribution in [2.75, 3.05) is 45.9 Å². The molecule has 0 bridgehead atoms. The van der Waals surface area contributed by atoms with Gasteiger partial charge in [0.25, 0.3) is 5.91 Å². The summed E-state index contributed by atoms with van der Waals surface area (Å²) >= 11 is 1.58. The minimum Gasteiger partial charge on any atom is -0.359 e. The maximum atomic E-state index is 13.2. The molecule has 2 atom stereocenters. The zero-order valence-electron chi connectivity index (χ0n) is 20.1. The second-order valence-electron chi connectivity index (χ2n) is 8.65. The van der Waals surface area contributed by atoms with E-state index in [-0.39, 0.29) is 30.2 Å². The minimum atomic E-state index is -3.63. The monoisotopic (exact) mass is 535 g/mol. The van der Waals surface area contributed by atoms with Gasteiger partial charge in [0.15, 0.2) is 11.7 Å². The number of rotatable bonds is 11. The highest BCUT2D eigenvalue weighted by molar-refractivity contribution is 7.99. The molecule has 2 fully saturated rings. The Labute approximate surface area is 216 Å². The lowest BCUT2D eigenvalue weighted by Crippen LogP contribution is -2.48. The van der Waals surface area contributed by atoms with Crippen molar-refractivity contribution in [1.82, 2.24) is 15.7 Å². The molecule has 2 aromatic rings. The Balaban J connectivity index is 1.19. The zero-order chi connectivity index (χ0) is 25.2. The summed E-state index contributed by atoms with van der Waals surface area (Å²) < 4.78 is 37.4. The number of hydrogen-bond donors (Lipinski definition) is 2. The van der Waals surface area contributed by atoms with Crippen LogP contribution in [0.5, 0.6) is 0 Å². The zero-order valence-corrected chi connectivity index (χ0v) is 21.8. The lowest BCUT2D eigenvalue weighted by atomic mass is 10.2. The van der Waals surface area contributed by atoms with Crippen LogP contribution in [0, 0.1) is 0 Å². The molecule has 2 unspecified atom stereocenters. The first-order valence-corrected chi connectivity index (χ1v) is 14.5. The van der Waals surface area contributed by atoms with Crippen molar-refractivity contribution in [2.45, 2.75) is 45.7 Å². The highest BCUT2D eigenvalue weighted by Gasteiger charge is 2.33. The normalized spacial score (nSPS) is 21.2. The number of nitrogens with one attached hydrogen (secondary N) is 2. The van der Waals surface area contributed by atoms with E-state index in [1.807, 2.05) is 47.4 Å². The quantitative estimate of drug-likeness (QED) is 0.331. The maximum Gasteiger partial charge on any atom is 0.257 e. The Morgan fingerprint density at radius 2 is 1.81 bits per heavy atom. The second kappa shape index (κ2) is 13.5. The van der Waals surface area contributed by atoms with Crippen LogP contribution in [-0.2, 0) is 28.9 Å². The number of amides is 1. The van der Waals surface area contributed by atoms with Gasteiger partial charge in [0.1, 0.15) is 0 Å². The Bertz CT molecular complexity index is 1060. The predicted molar refractivity (Wildman–Crippen MR) is 136 cm³/mol. The summed E-state index contributed by atoms with van der Waals surface area (Å²) in [5, 5.41) is 3.06. The Morgan fingerprint density at radius 1 is 1.03 bits per heavy atom. The standard InChI is InChI=1S/C25H33N3O6S2/c29-23(27-34-24-8-4-5-16-32-24)18-26-13-14-28-15-17-33-25(19-28)36(30,31)22-11-9-21(10-12-22)35-20-6-2-1-3-7-20/h1-3,6-7,9-12,24-26H,4-5,8,13-19H2,(H,27,29). The molecule has 0 spiro atoms. The van der Waals surface area contributed by atoms with E-state index in [1.54, 1.807) is 23.9 Å². The van der Waals surface area contributed by atoms with Crippen LogP contribution in [-0.4, -0.2) is 76.9 Å². The van der Waals surface area contributed by atoms with E-state index in [9.17, 15) is 13.2 Å². The molecule has 2 aromatic carbocycles. The van der Waals surface area contributed by atoms with Gasteiger partial charge in [-0.15, -0.1) is 0 Å².